The van der Waals surface area contributed by atoms with Crippen LogP contribution in [0.4, 0.5) is 0 Å². The van der Waals surface area contributed by atoms with E-state index in [-0.39, 0.29) is 18.4 Å². The Labute approximate surface area is 125 Å². The number of nitrogens with one attached hydrogen (secondary N) is 1. The molecule has 0 aromatic carbocycles. The summed E-state index contributed by atoms with van der Waals surface area (Å²) < 4.78 is 0. The van der Waals surface area contributed by atoms with E-state index in [0.717, 1.165) is 12.8 Å². The van der Waals surface area contributed by atoms with E-state index in [1.165, 1.54) is 4.90 Å². The molecule has 21 heavy (non-hydrogen) atoms. The summed E-state index contributed by atoms with van der Waals surface area (Å²) >= 11 is 0. The lowest BCUT2D eigenvalue weighted by Gasteiger charge is -2.30. The Morgan fingerprint density at radius 1 is 1.19 bits per heavy atom. The lowest BCUT2D eigenvalue weighted by Crippen LogP contribution is -2.45. The topological polar surface area (TPSA) is 86.7 Å². The van der Waals surface area contributed by atoms with Crippen molar-refractivity contribution in [3.05, 3.63) is 0 Å². The van der Waals surface area contributed by atoms with Gasteiger partial charge in [0.25, 0.3) is 0 Å². The fraction of sp³-hybridized carbons (Fsp3) is 0.800. The van der Waals surface area contributed by atoms with Crippen molar-refractivity contribution >= 4 is 17.8 Å². The van der Waals surface area contributed by atoms with Crippen LogP contribution in [0.1, 0.15) is 39.5 Å². The van der Waals surface area contributed by atoms with Crippen molar-refractivity contribution in [3.63, 3.8) is 0 Å². The van der Waals surface area contributed by atoms with Gasteiger partial charge in [-0.3, -0.25) is 14.4 Å². The van der Waals surface area contributed by atoms with E-state index in [1.807, 2.05) is 13.8 Å². The largest absolute Gasteiger partial charge is 0.481 e. The summed E-state index contributed by atoms with van der Waals surface area (Å²) in [5.41, 5.74) is 0. The summed E-state index contributed by atoms with van der Waals surface area (Å²) in [6, 6.07) is 0. The molecule has 2 N–H and O–H groups in total. The van der Waals surface area contributed by atoms with Gasteiger partial charge in [-0.15, -0.1) is 0 Å². The number of carbonyl (C=O) groups excluding carboxylic acids is 2. The maximum atomic E-state index is 12.4. The van der Waals surface area contributed by atoms with Crippen molar-refractivity contribution < 1.29 is 19.5 Å². The molecule has 0 aliphatic heterocycles. The predicted octanol–water partition coefficient (Wildman–Crippen LogP) is 1.11. The molecular weight excluding hydrogens is 272 g/mol. The van der Waals surface area contributed by atoms with Crippen LogP contribution in [0.25, 0.3) is 0 Å². The highest BCUT2D eigenvalue weighted by molar-refractivity contribution is 5.88. The predicted molar refractivity (Wildman–Crippen MR) is 78.6 cm³/mol. The first-order valence-electron chi connectivity index (χ1n) is 7.57. The molecule has 0 radical (unpaired) electrons. The number of carboxylic acid groups (broad SMARTS) is 1. The smallest absolute Gasteiger partial charge is 0.307 e. The van der Waals surface area contributed by atoms with Crippen LogP contribution in [0.15, 0.2) is 0 Å². The molecule has 2 atom stereocenters. The van der Waals surface area contributed by atoms with Gasteiger partial charge in [0.2, 0.25) is 11.8 Å². The van der Waals surface area contributed by atoms with Crippen molar-refractivity contribution in [2.45, 2.75) is 39.5 Å². The lowest BCUT2D eigenvalue weighted by molar-refractivity contribution is -0.152. The van der Waals surface area contributed by atoms with E-state index >= 15 is 0 Å². The first kappa shape index (κ1) is 17.5. The van der Waals surface area contributed by atoms with Crippen LogP contribution < -0.4 is 5.32 Å². The van der Waals surface area contributed by atoms with Crippen LogP contribution in [0.3, 0.4) is 0 Å². The average Bonchev–Trinajstić information content (AvgIpc) is 2.44. The summed E-state index contributed by atoms with van der Waals surface area (Å²) in [7, 11) is 1.56. The first-order valence-corrected chi connectivity index (χ1v) is 7.57. The van der Waals surface area contributed by atoms with Crippen LogP contribution in [0.5, 0.6) is 0 Å². The van der Waals surface area contributed by atoms with E-state index in [4.69, 9.17) is 0 Å². The number of likely N-dealkylation sites (N-methyl/N-ethyl adjacent to an activating group) is 1. The zero-order valence-corrected chi connectivity index (χ0v) is 13.1. The van der Waals surface area contributed by atoms with Gasteiger partial charge in [0.1, 0.15) is 0 Å². The highest BCUT2D eigenvalue weighted by Gasteiger charge is 2.37. The van der Waals surface area contributed by atoms with Crippen molar-refractivity contribution in [1.82, 2.24) is 10.2 Å². The second-order valence-corrected chi connectivity index (χ2v) is 6.23. The second kappa shape index (κ2) is 8.00. The molecule has 0 unspecified atom stereocenters. The third-order valence-corrected chi connectivity index (χ3v) is 3.86. The maximum Gasteiger partial charge on any atom is 0.307 e. The summed E-state index contributed by atoms with van der Waals surface area (Å²) in [5, 5.41) is 12.0. The Kier molecular flexibility index (Phi) is 6.65. The molecule has 1 saturated carbocycles. The number of aliphatic carboxylic acids is 1. The monoisotopic (exact) mass is 298 g/mol. The Bertz CT molecular complexity index is 395. The lowest BCUT2D eigenvalue weighted by atomic mass is 9.78. The fourth-order valence-electron chi connectivity index (χ4n) is 2.67. The number of carboxylic acids is 1. The minimum absolute atomic E-state index is 0.0195. The SMILES string of the molecule is CC(C)CNC(=O)CN(C)C(=O)[C@@H]1CCCC[C@@H]1C(=O)O. The number of amides is 2. The Balaban J connectivity index is 2.55. The Morgan fingerprint density at radius 3 is 2.29 bits per heavy atom. The van der Waals surface area contributed by atoms with Gasteiger partial charge in [0, 0.05) is 13.6 Å². The standard InChI is InChI=1S/C15H26N2O4/c1-10(2)8-16-13(18)9-17(3)14(19)11-6-4-5-7-12(11)15(20)21/h10-12H,4-9H2,1-3H3,(H,16,18)(H,20,21)/t11-,12+/m1/s1. The van der Waals surface area contributed by atoms with E-state index in [9.17, 15) is 19.5 Å². The van der Waals surface area contributed by atoms with Gasteiger partial charge in [-0.2, -0.15) is 0 Å². The van der Waals surface area contributed by atoms with E-state index in [2.05, 4.69) is 5.32 Å². The van der Waals surface area contributed by atoms with Crippen LogP contribution >= 0.6 is 0 Å². The highest BCUT2D eigenvalue weighted by atomic mass is 16.4. The molecule has 0 aromatic rings. The Morgan fingerprint density at radius 2 is 1.76 bits per heavy atom. The van der Waals surface area contributed by atoms with Gasteiger partial charge in [0.05, 0.1) is 18.4 Å². The van der Waals surface area contributed by atoms with Gasteiger partial charge in [-0.25, -0.2) is 0 Å². The molecule has 1 fully saturated rings. The zero-order chi connectivity index (χ0) is 16.0. The number of hydrogen-bond acceptors (Lipinski definition) is 3. The van der Waals surface area contributed by atoms with E-state index < -0.39 is 17.8 Å². The van der Waals surface area contributed by atoms with E-state index in [0.29, 0.717) is 25.3 Å². The summed E-state index contributed by atoms with van der Waals surface area (Å²) in [6.45, 7) is 4.54. The molecular formula is C15H26N2O4. The minimum Gasteiger partial charge on any atom is -0.481 e. The van der Waals surface area contributed by atoms with Crippen molar-refractivity contribution in [2.24, 2.45) is 17.8 Å². The van der Waals surface area contributed by atoms with Crippen LogP contribution in [-0.4, -0.2) is 47.9 Å². The van der Waals surface area contributed by atoms with Crippen molar-refractivity contribution in [1.29, 1.82) is 0 Å². The number of hydrogen-bond donors (Lipinski definition) is 2. The molecule has 1 aliphatic carbocycles. The molecule has 0 saturated heterocycles. The molecule has 1 rings (SSSR count). The molecule has 6 nitrogen and oxygen atoms in total. The van der Waals surface area contributed by atoms with Crippen molar-refractivity contribution in [2.75, 3.05) is 20.1 Å². The van der Waals surface area contributed by atoms with Crippen LogP contribution in [0, 0.1) is 17.8 Å². The third-order valence-electron chi connectivity index (χ3n) is 3.86. The van der Waals surface area contributed by atoms with Gasteiger partial charge in [-0.1, -0.05) is 26.7 Å². The second-order valence-electron chi connectivity index (χ2n) is 6.23. The molecule has 120 valence electrons. The maximum absolute atomic E-state index is 12.4. The van der Waals surface area contributed by atoms with Crippen molar-refractivity contribution in [3.8, 4) is 0 Å². The van der Waals surface area contributed by atoms with E-state index in [1.54, 1.807) is 7.05 Å². The molecule has 6 heteroatoms. The fourth-order valence-corrected chi connectivity index (χ4v) is 2.67. The molecule has 0 heterocycles. The van der Waals surface area contributed by atoms with Gasteiger partial charge in [-0.05, 0) is 18.8 Å². The third kappa shape index (κ3) is 5.36. The summed E-state index contributed by atoms with van der Waals surface area (Å²) in [5.74, 6) is -2.12. The molecule has 1 aliphatic rings. The minimum atomic E-state index is -0.911. The molecule has 0 bridgehead atoms. The van der Waals surface area contributed by atoms with Gasteiger partial charge < -0.3 is 15.3 Å². The first-order chi connectivity index (χ1) is 9.82. The molecule has 0 aromatic heterocycles. The number of rotatable bonds is 6. The van der Waals surface area contributed by atoms with Crippen LogP contribution in [0.2, 0.25) is 0 Å². The summed E-state index contributed by atoms with van der Waals surface area (Å²) in [6.07, 6.45) is 2.85. The average molecular weight is 298 g/mol. The van der Waals surface area contributed by atoms with Gasteiger partial charge in [0.15, 0.2) is 0 Å². The van der Waals surface area contributed by atoms with Crippen LogP contribution in [-0.2, 0) is 14.4 Å². The highest BCUT2D eigenvalue weighted by Crippen LogP contribution is 2.31. The quantitative estimate of drug-likeness (QED) is 0.769. The normalized spacial score (nSPS) is 21.9. The Hall–Kier alpha value is -1.59. The zero-order valence-electron chi connectivity index (χ0n) is 13.1. The van der Waals surface area contributed by atoms with Gasteiger partial charge >= 0.3 is 5.97 Å². The number of nitrogens with zero attached hydrogens (tertiary/aromatic N) is 1. The molecule has 0 spiro atoms. The summed E-state index contributed by atoms with van der Waals surface area (Å²) in [4.78, 5) is 36.7. The molecule has 2 amide bonds. The number of carbonyl (C=O) groups is 3.